The number of thiol groups is 1. The summed E-state index contributed by atoms with van der Waals surface area (Å²) in [6, 6.07) is 10.7. The van der Waals surface area contributed by atoms with Crippen molar-refractivity contribution in [3.05, 3.63) is 35.9 Å². The predicted octanol–water partition coefficient (Wildman–Crippen LogP) is 3.16. The second-order valence-electron chi connectivity index (χ2n) is 4.40. The summed E-state index contributed by atoms with van der Waals surface area (Å²) in [6.45, 7) is 2.14. The van der Waals surface area contributed by atoms with Crippen molar-refractivity contribution in [2.45, 2.75) is 19.3 Å². The van der Waals surface area contributed by atoms with Crippen molar-refractivity contribution in [3.8, 4) is 0 Å². The van der Waals surface area contributed by atoms with Gasteiger partial charge in [-0.1, -0.05) is 42.5 Å². The Labute approximate surface area is 108 Å². The molecule has 0 atom stereocenters. The van der Waals surface area contributed by atoms with E-state index >= 15 is 0 Å². The van der Waals surface area contributed by atoms with Crippen LogP contribution >= 0.6 is 24.8 Å². The lowest BCUT2D eigenvalue weighted by Crippen LogP contribution is -2.35. The molecule has 1 aromatic rings. The molecule has 0 bridgehead atoms. The van der Waals surface area contributed by atoms with Gasteiger partial charge in [0, 0.05) is 13.1 Å². The second-order valence-corrected chi connectivity index (χ2v) is 5.52. The monoisotopic (exact) mass is 251 g/mol. The highest BCUT2D eigenvalue weighted by molar-refractivity contribution is 8.10. The van der Waals surface area contributed by atoms with E-state index in [0.717, 1.165) is 23.3 Å². The molecule has 0 aromatic heterocycles. The van der Waals surface area contributed by atoms with Crippen molar-refractivity contribution in [1.82, 2.24) is 4.90 Å². The summed E-state index contributed by atoms with van der Waals surface area (Å²) in [5, 5.41) is 0. The highest BCUT2D eigenvalue weighted by atomic mass is 32.1. The lowest BCUT2D eigenvalue weighted by molar-refractivity contribution is 0.272. The Kier molecular flexibility index (Phi) is 4.24. The maximum Gasteiger partial charge on any atom is 0.133 e. The molecule has 0 amide bonds. The lowest BCUT2D eigenvalue weighted by Gasteiger charge is -2.32. The fourth-order valence-electron chi connectivity index (χ4n) is 2.28. The molecule has 1 heterocycles. The molecule has 1 nitrogen and oxygen atoms in total. The molecule has 3 heteroatoms. The number of hydrogen-bond donors (Lipinski definition) is 1. The van der Waals surface area contributed by atoms with Crippen LogP contribution in [0.1, 0.15) is 18.4 Å². The first-order valence-electron chi connectivity index (χ1n) is 5.77. The summed E-state index contributed by atoms with van der Waals surface area (Å²) in [6.07, 6.45) is 3.67. The number of nitrogens with zero attached hydrogens (tertiary/aromatic N) is 1. The van der Waals surface area contributed by atoms with Gasteiger partial charge in [-0.15, -0.1) is 12.6 Å². The van der Waals surface area contributed by atoms with Crippen LogP contribution in [0.15, 0.2) is 30.3 Å². The first-order valence-corrected chi connectivity index (χ1v) is 6.63. The highest BCUT2D eigenvalue weighted by Gasteiger charge is 2.19. The SMILES string of the molecule is S=C(S)N1CCC(Cc2ccccc2)CC1. The van der Waals surface area contributed by atoms with Crippen LogP contribution < -0.4 is 0 Å². The minimum absolute atomic E-state index is 0.748. The van der Waals surface area contributed by atoms with Crippen molar-refractivity contribution >= 4 is 29.2 Å². The third-order valence-corrected chi connectivity index (χ3v) is 3.79. The zero-order valence-electron chi connectivity index (χ0n) is 9.30. The van der Waals surface area contributed by atoms with Crippen molar-refractivity contribution < 1.29 is 0 Å². The molecule has 0 N–H and O–H groups in total. The van der Waals surface area contributed by atoms with Crippen molar-refractivity contribution in [2.24, 2.45) is 5.92 Å². The third-order valence-electron chi connectivity index (χ3n) is 3.25. The molecule has 1 saturated heterocycles. The quantitative estimate of drug-likeness (QED) is 0.635. The van der Waals surface area contributed by atoms with E-state index in [9.17, 15) is 0 Å². The van der Waals surface area contributed by atoms with Crippen LogP contribution in [-0.4, -0.2) is 22.3 Å². The topological polar surface area (TPSA) is 3.24 Å². The first-order chi connectivity index (χ1) is 7.75. The molecule has 86 valence electrons. The van der Waals surface area contributed by atoms with Crippen molar-refractivity contribution in [2.75, 3.05) is 13.1 Å². The maximum absolute atomic E-state index is 5.07. The Morgan fingerprint density at radius 2 is 1.88 bits per heavy atom. The molecular formula is C13H17NS2. The summed E-state index contributed by atoms with van der Waals surface area (Å²) in [7, 11) is 0. The van der Waals surface area contributed by atoms with Crippen LogP contribution in [0.5, 0.6) is 0 Å². The number of rotatable bonds is 2. The molecule has 2 rings (SSSR count). The summed E-state index contributed by atoms with van der Waals surface area (Å²) in [5.74, 6) is 0.807. The Hall–Kier alpha value is -0.540. The van der Waals surface area contributed by atoms with Gasteiger partial charge in [0.25, 0.3) is 0 Å². The molecule has 0 aliphatic carbocycles. The molecule has 1 aliphatic rings. The van der Waals surface area contributed by atoms with Crippen LogP contribution in [0.2, 0.25) is 0 Å². The molecule has 0 saturated carbocycles. The van der Waals surface area contributed by atoms with E-state index in [1.807, 2.05) is 0 Å². The standard InChI is InChI=1S/C13H17NS2/c15-13(16)14-8-6-12(7-9-14)10-11-4-2-1-3-5-11/h1-5,12H,6-10H2,(H,15,16). The second kappa shape index (κ2) is 5.69. The van der Waals surface area contributed by atoms with Gasteiger partial charge in [0.05, 0.1) is 0 Å². The van der Waals surface area contributed by atoms with Crippen LogP contribution in [0, 0.1) is 5.92 Å². The zero-order valence-corrected chi connectivity index (χ0v) is 11.0. The summed E-state index contributed by atoms with van der Waals surface area (Å²) < 4.78 is 0.748. The van der Waals surface area contributed by atoms with Crippen LogP contribution in [-0.2, 0) is 6.42 Å². The van der Waals surface area contributed by atoms with Gasteiger partial charge in [-0.2, -0.15) is 0 Å². The molecule has 1 aliphatic heterocycles. The third kappa shape index (κ3) is 3.22. The molecule has 0 unspecified atom stereocenters. The zero-order chi connectivity index (χ0) is 11.4. The van der Waals surface area contributed by atoms with E-state index in [0.29, 0.717) is 0 Å². The Morgan fingerprint density at radius 3 is 2.44 bits per heavy atom. The van der Waals surface area contributed by atoms with E-state index in [2.05, 4.69) is 47.9 Å². The van der Waals surface area contributed by atoms with Gasteiger partial charge in [-0.3, -0.25) is 0 Å². The highest BCUT2D eigenvalue weighted by Crippen LogP contribution is 2.22. The number of hydrogen-bond acceptors (Lipinski definition) is 1. The molecule has 0 spiro atoms. The molecular weight excluding hydrogens is 234 g/mol. The first kappa shape index (κ1) is 11.9. The average Bonchev–Trinajstić information content (AvgIpc) is 2.31. The van der Waals surface area contributed by atoms with Crippen LogP contribution in [0.25, 0.3) is 0 Å². The smallest absolute Gasteiger partial charge is 0.133 e. The molecule has 1 fully saturated rings. The van der Waals surface area contributed by atoms with Gasteiger partial charge in [-0.25, -0.2) is 0 Å². The van der Waals surface area contributed by atoms with Gasteiger partial charge < -0.3 is 4.90 Å². The summed E-state index contributed by atoms with van der Waals surface area (Å²) in [4.78, 5) is 2.19. The Morgan fingerprint density at radius 1 is 1.25 bits per heavy atom. The largest absolute Gasteiger partial charge is 0.358 e. The van der Waals surface area contributed by atoms with Gasteiger partial charge >= 0.3 is 0 Å². The maximum atomic E-state index is 5.07. The van der Waals surface area contributed by atoms with Crippen LogP contribution in [0.3, 0.4) is 0 Å². The predicted molar refractivity (Wildman–Crippen MR) is 76.0 cm³/mol. The lowest BCUT2D eigenvalue weighted by atomic mass is 9.90. The van der Waals surface area contributed by atoms with Gasteiger partial charge in [0.2, 0.25) is 0 Å². The minimum atomic E-state index is 0.748. The Bertz CT molecular complexity index is 342. The normalized spacial score (nSPS) is 17.4. The van der Waals surface area contributed by atoms with Gasteiger partial charge in [0.15, 0.2) is 0 Å². The number of benzene rings is 1. The van der Waals surface area contributed by atoms with E-state index < -0.39 is 0 Å². The van der Waals surface area contributed by atoms with Gasteiger partial charge in [-0.05, 0) is 30.7 Å². The van der Waals surface area contributed by atoms with Crippen molar-refractivity contribution in [1.29, 1.82) is 0 Å². The van der Waals surface area contributed by atoms with Crippen molar-refractivity contribution in [3.63, 3.8) is 0 Å². The van der Waals surface area contributed by atoms with E-state index in [-0.39, 0.29) is 0 Å². The van der Waals surface area contributed by atoms with Crippen LogP contribution in [0.4, 0.5) is 0 Å². The number of likely N-dealkylation sites (tertiary alicyclic amines) is 1. The Balaban J connectivity index is 1.84. The van der Waals surface area contributed by atoms with E-state index in [1.54, 1.807) is 0 Å². The fraction of sp³-hybridized carbons (Fsp3) is 0.462. The molecule has 1 aromatic carbocycles. The number of thiocarbonyl (C=S) groups is 1. The summed E-state index contributed by atoms with van der Waals surface area (Å²) >= 11 is 9.30. The van der Waals surface area contributed by atoms with E-state index in [1.165, 1.54) is 24.8 Å². The molecule has 0 radical (unpaired) electrons. The average molecular weight is 251 g/mol. The fourth-order valence-corrected chi connectivity index (χ4v) is 2.66. The minimum Gasteiger partial charge on any atom is -0.358 e. The number of piperidine rings is 1. The van der Waals surface area contributed by atoms with E-state index in [4.69, 9.17) is 12.2 Å². The summed E-state index contributed by atoms with van der Waals surface area (Å²) in [5.41, 5.74) is 1.45. The molecule has 16 heavy (non-hydrogen) atoms. The van der Waals surface area contributed by atoms with Gasteiger partial charge in [0.1, 0.15) is 4.32 Å².